The molecule has 0 saturated carbocycles. The van der Waals surface area contributed by atoms with Gasteiger partial charge in [0.1, 0.15) is 0 Å². The van der Waals surface area contributed by atoms with E-state index in [9.17, 15) is 9.59 Å². The Bertz CT molecular complexity index is 866. The molecule has 0 bridgehead atoms. The van der Waals surface area contributed by atoms with E-state index in [1.54, 1.807) is 54.6 Å². The third kappa shape index (κ3) is 5.49. The van der Waals surface area contributed by atoms with Gasteiger partial charge in [-0.3, -0.25) is 4.79 Å². The summed E-state index contributed by atoms with van der Waals surface area (Å²) >= 11 is 0. The molecule has 0 aliphatic carbocycles. The van der Waals surface area contributed by atoms with Crippen LogP contribution in [0.3, 0.4) is 0 Å². The molecule has 0 heterocycles. The van der Waals surface area contributed by atoms with Crippen LogP contribution < -0.4 is 16.0 Å². The van der Waals surface area contributed by atoms with Crippen LogP contribution >= 0.6 is 0 Å². The van der Waals surface area contributed by atoms with Crippen LogP contribution in [0.25, 0.3) is 6.08 Å². The van der Waals surface area contributed by atoms with Crippen LogP contribution in [0.15, 0.2) is 54.6 Å². The third-order valence-corrected chi connectivity index (χ3v) is 3.35. The van der Waals surface area contributed by atoms with Gasteiger partial charge < -0.3 is 16.0 Å². The number of anilines is 2. The number of carbonyl (C=O) groups is 2. The number of para-hydroxylation sites is 2. The molecule has 0 aliphatic heterocycles. The Morgan fingerprint density at radius 1 is 1.00 bits per heavy atom. The summed E-state index contributed by atoms with van der Waals surface area (Å²) in [4.78, 5) is 24.1. The van der Waals surface area contributed by atoms with Crippen LogP contribution in [0.5, 0.6) is 0 Å². The third-order valence-electron chi connectivity index (χ3n) is 3.35. The van der Waals surface area contributed by atoms with Crippen LogP contribution in [-0.4, -0.2) is 18.0 Å². The van der Waals surface area contributed by atoms with Crippen molar-refractivity contribution in [1.29, 1.82) is 5.26 Å². The summed E-state index contributed by atoms with van der Waals surface area (Å²) in [7, 11) is 0. The second kappa shape index (κ2) is 9.04. The fourth-order valence-corrected chi connectivity index (χ4v) is 2.21. The van der Waals surface area contributed by atoms with E-state index in [4.69, 9.17) is 5.26 Å². The van der Waals surface area contributed by atoms with Crippen LogP contribution in [0, 0.1) is 11.3 Å². The summed E-state index contributed by atoms with van der Waals surface area (Å²) < 4.78 is 0. The first-order valence-corrected chi connectivity index (χ1v) is 8.14. The first kappa shape index (κ1) is 18.7. The molecular formula is C20H20N4O2. The Kier molecular flexibility index (Phi) is 6.52. The van der Waals surface area contributed by atoms with Gasteiger partial charge in [0.15, 0.2) is 0 Å². The molecule has 6 nitrogen and oxygen atoms in total. The molecule has 3 N–H and O–H groups in total. The molecule has 132 valence electrons. The van der Waals surface area contributed by atoms with E-state index in [1.807, 2.05) is 13.8 Å². The second-order valence-electron chi connectivity index (χ2n) is 5.82. The average molecular weight is 348 g/mol. The van der Waals surface area contributed by atoms with Gasteiger partial charge in [-0.05, 0) is 43.7 Å². The molecule has 3 amide bonds. The lowest BCUT2D eigenvalue weighted by Gasteiger charge is -2.13. The van der Waals surface area contributed by atoms with Crippen molar-refractivity contribution in [1.82, 2.24) is 5.32 Å². The standard InChI is InChI=1S/C20H20N4O2/c1-14(2)22-20(26)24-18-10-6-5-9-17(18)23-19(25)12-11-15-7-3-4-8-16(15)13-21/h3-12,14H,1-2H3,(H,23,25)(H2,22,24,26)/b12-11+. The van der Waals surface area contributed by atoms with Crippen molar-refractivity contribution >= 4 is 29.4 Å². The number of rotatable bonds is 5. The predicted octanol–water partition coefficient (Wildman–Crippen LogP) is 3.74. The number of nitrogens with one attached hydrogen (secondary N) is 3. The summed E-state index contributed by atoms with van der Waals surface area (Å²) in [5.74, 6) is -0.365. The van der Waals surface area contributed by atoms with Crippen molar-refractivity contribution < 1.29 is 9.59 Å². The Balaban J connectivity index is 2.09. The molecule has 2 aromatic carbocycles. The van der Waals surface area contributed by atoms with Crippen molar-refractivity contribution in [2.75, 3.05) is 10.6 Å². The minimum absolute atomic E-state index is 0.000103. The molecule has 0 saturated heterocycles. The van der Waals surface area contributed by atoms with Gasteiger partial charge in [0.2, 0.25) is 5.91 Å². The Hall–Kier alpha value is -3.59. The van der Waals surface area contributed by atoms with Gasteiger partial charge in [-0.2, -0.15) is 5.26 Å². The van der Waals surface area contributed by atoms with E-state index >= 15 is 0 Å². The fraction of sp³-hybridized carbons (Fsp3) is 0.150. The number of hydrogen-bond donors (Lipinski definition) is 3. The van der Waals surface area contributed by atoms with E-state index in [0.717, 1.165) is 0 Å². The maximum absolute atomic E-state index is 12.2. The summed E-state index contributed by atoms with van der Waals surface area (Å²) in [6.07, 6.45) is 2.93. The number of urea groups is 1. The summed E-state index contributed by atoms with van der Waals surface area (Å²) in [5.41, 5.74) is 2.12. The topological polar surface area (TPSA) is 94.0 Å². The van der Waals surface area contributed by atoms with Gasteiger partial charge in [0.25, 0.3) is 0 Å². The minimum atomic E-state index is -0.365. The zero-order valence-electron chi connectivity index (χ0n) is 14.6. The maximum Gasteiger partial charge on any atom is 0.319 e. The van der Waals surface area contributed by atoms with E-state index < -0.39 is 0 Å². The quantitative estimate of drug-likeness (QED) is 0.719. The van der Waals surface area contributed by atoms with Gasteiger partial charge in [0.05, 0.1) is 23.0 Å². The summed E-state index contributed by atoms with van der Waals surface area (Å²) in [6, 6.07) is 15.7. The molecule has 0 aliphatic rings. The number of benzene rings is 2. The van der Waals surface area contributed by atoms with Gasteiger partial charge in [0, 0.05) is 12.1 Å². The molecule has 6 heteroatoms. The Morgan fingerprint density at radius 3 is 2.27 bits per heavy atom. The highest BCUT2D eigenvalue weighted by atomic mass is 16.2. The monoisotopic (exact) mass is 348 g/mol. The van der Waals surface area contributed by atoms with Crippen molar-refractivity contribution in [3.63, 3.8) is 0 Å². The van der Waals surface area contributed by atoms with Crippen molar-refractivity contribution in [3.8, 4) is 6.07 Å². The van der Waals surface area contributed by atoms with Gasteiger partial charge in [-0.25, -0.2) is 4.79 Å². The Morgan fingerprint density at radius 2 is 1.62 bits per heavy atom. The van der Waals surface area contributed by atoms with Gasteiger partial charge in [-0.1, -0.05) is 30.3 Å². The molecule has 0 atom stereocenters. The number of nitrogens with zero attached hydrogens (tertiary/aromatic N) is 1. The predicted molar refractivity (Wildman–Crippen MR) is 103 cm³/mol. The molecular weight excluding hydrogens is 328 g/mol. The van der Waals surface area contributed by atoms with Crippen LogP contribution in [0.2, 0.25) is 0 Å². The van der Waals surface area contributed by atoms with Crippen LogP contribution in [0.4, 0.5) is 16.2 Å². The van der Waals surface area contributed by atoms with Crippen LogP contribution in [-0.2, 0) is 4.79 Å². The molecule has 26 heavy (non-hydrogen) atoms. The van der Waals surface area contributed by atoms with E-state index in [1.165, 1.54) is 6.08 Å². The highest BCUT2D eigenvalue weighted by Gasteiger charge is 2.08. The molecule has 0 aromatic heterocycles. The molecule has 2 aromatic rings. The summed E-state index contributed by atoms with van der Waals surface area (Å²) in [6.45, 7) is 3.72. The minimum Gasteiger partial charge on any atom is -0.336 e. The van der Waals surface area contributed by atoms with Gasteiger partial charge >= 0.3 is 6.03 Å². The van der Waals surface area contributed by atoms with E-state index in [2.05, 4.69) is 22.0 Å². The normalized spacial score (nSPS) is 10.4. The highest BCUT2D eigenvalue weighted by molar-refractivity contribution is 6.05. The first-order valence-electron chi connectivity index (χ1n) is 8.14. The average Bonchev–Trinajstić information content (AvgIpc) is 2.61. The second-order valence-corrected chi connectivity index (χ2v) is 5.82. The largest absolute Gasteiger partial charge is 0.336 e. The Labute approximate surface area is 152 Å². The number of nitriles is 1. The maximum atomic E-state index is 12.2. The van der Waals surface area contributed by atoms with Gasteiger partial charge in [-0.15, -0.1) is 0 Å². The first-order chi connectivity index (χ1) is 12.5. The van der Waals surface area contributed by atoms with Crippen molar-refractivity contribution in [3.05, 3.63) is 65.7 Å². The highest BCUT2D eigenvalue weighted by Crippen LogP contribution is 2.21. The molecule has 0 spiro atoms. The van der Waals surface area contributed by atoms with Crippen molar-refractivity contribution in [2.24, 2.45) is 0 Å². The molecule has 0 unspecified atom stereocenters. The fourth-order valence-electron chi connectivity index (χ4n) is 2.21. The smallest absolute Gasteiger partial charge is 0.319 e. The number of amides is 3. The summed E-state index contributed by atoms with van der Waals surface area (Å²) in [5, 5.41) is 17.2. The molecule has 2 rings (SSSR count). The van der Waals surface area contributed by atoms with E-state index in [-0.39, 0.29) is 18.0 Å². The zero-order chi connectivity index (χ0) is 18.9. The zero-order valence-corrected chi connectivity index (χ0v) is 14.6. The van der Waals surface area contributed by atoms with Crippen LogP contribution in [0.1, 0.15) is 25.0 Å². The lowest BCUT2D eigenvalue weighted by atomic mass is 10.1. The lowest BCUT2D eigenvalue weighted by molar-refractivity contribution is -0.111. The van der Waals surface area contributed by atoms with Crippen molar-refractivity contribution in [2.45, 2.75) is 19.9 Å². The number of carbonyl (C=O) groups excluding carboxylic acids is 2. The van der Waals surface area contributed by atoms with E-state index in [0.29, 0.717) is 22.5 Å². The SMILES string of the molecule is CC(C)NC(=O)Nc1ccccc1NC(=O)/C=C/c1ccccc1C#N. The molecule has 0 radical (unpaired) electrons. The molecule has 0 fully saturated rings. The number of hydrogen-bond acceptors (Lipinski definition) is 3. The lowest BCUT2D eigenvalue weighted by Crippen LogP contribution is -2.34.